The highest BCUT2D eigenvalue weighted by Crippen LogP contribution is 2.23. The average molecular weight is 231 g/mol. The Morgan fingerprint density at radius 1 is 1.41 bits per heavy atom. The highest BCUT2D eigenvalue weighted by Gasteiger charge is 2.17. The summed E-state index contributed by atoms with van der Waals surface area (Å²) in [6.07, 6.45) is 1.46. The summed E-state index contributed by atoms with van der Waals surface area (Å²) in [5, 5.41) is 17.1. The van der Waals surface area contributed by atoms with Gasteiger partial charge in [0.25, 0.3) is 5.82 Å². The van der Waals surface area contributed by atoms with Crippen LogP contribution in [0.15, 0.2) is 6.33 Å². The molecule has 7 nitrogen and oxygen atoms in total. The third-order valence-electron chi connectivity index (χ3n) is 2.40. The fraction of sp³-hybridized carbons (Fsp3) is 0.400. The molecule has 0 fully saturated rings. The minimum Gasteiger partial charge on any atom is -0.394 e. The van der Waals surface area contributed by atoms with Gasteiger partial charge in [0.2, 0.25) is 0 Å². The lowest BCUT2D eigenvalue weighted by Crippen LogP contribution is -2.11. The van der Waals surface area contributed by atoms with Crippen LogP contribution in [0.1, 0.15) is 31.4 Å². The van der Waals surface area contributed by atoms with Crippen LogP contribution in [0.25, 0.3) is 5.82 Å². The van der Waals surface area contributed by atoms with Crippen molar-refractivity contribution in [2.75, 3.05) is 5.73 Å². The lowest BCUT2D eigenvalue weighted by molar-refractivity contribution is 0.512. The van der Waals surface area contributed by atoms with E-state index in [0.717, 1.165) is 5.69 Å². The van der Waals surface area contributed by atoms with E-state index in [-0.39, 0.29) is 11.9 Å². The van der Waals surface area contributed by atoms with E-state index in [2.05, 4.69) is 15.2 Å². The Morgan fingerprint density at radius 3 is 2.65 bits per heavy atom. The predicted molar refractivity (Wildman–Crippen MR) is 61.4 cm³/mol. The van der Waals surface area contributed by atoms with Crippen LogP contribution in [-0.2, 0) is 0 Å². The van der Waals surface area contributed by atoms with E-state index in [1.165, 1.54) is 11.0 Å². The fourth-order valence-electron chi connectivity index (χ4n) is 1.55. The molecule has 7 heteroatoms. The van der Waals surface area contributed by atoms with Crippen LogP contribution in [0.5, 0.6) is 0 Å². The molecule has 2 aromatic rings. The van der Waals surface area contributed by atoms with Gasteiger partial charge in [-0.05, 0) is 20.8 Å². The molecule has 0 atom stereocenters. The molecule has 0 aromatic carbocycles. The molecule has 0 spiro atoms. The van der Waals surface area contributed by atoms with E-state index < -0.39 is 0 Å². The topological polar surface area (TPSA) is 98.3 Å². The molecule has 2 rings (SSSR count). The lowest BCUT2D eigenvalue weighted by atomic mass is 10.3. The molecule has 0 amide bonds. The molecule has 2 aromatic heterocycles. The highest BCUT2D eigenvalue weighted by atomic mass is 15.4. The Bertz CT molecular complexity index is 584. The third kappa shape index (κ3) is 1.73. The van der Waals surface area contributed by atoms with Crippen LogP contribution in [0.4, 0.5) is 5.69 Å². The van der Waals surface area contributed by atoms with Crippen LogP contribution >= 0.6 is 0 Å². The number of hydrogen-bond donors (Lipinski definition) is 1. The fourth-order valence-corrected chi connectivity index (χ4v) is 1.55. The summed E-state index contributed by atoms with van der Waals surface area (Å²) in [6, 6.07) is 2.03. The number of nitrogen functional groups attached to an aromatic ring is 1. The van der Waals surface area contributed by atoms with Crippen LogP contribution in [0.2, 0.25) is 0 Å². The zero-order valence-corrected chi connectivity index (χ0v) is 9.92. The minimum absolute atomic E-state index is 0.110. The second-order valence-electron chi connectivity index (χ2n) is 3.99. The molecule has 0 saturated carbocycles. The van der Waals surface area contributed by atoms with Gasteiger partial charge in [-0.1, -0.05) is 0 Å². The van der Waals surface area contributed by atoms with Crippen LogP contribution in [-0.4, -0.2) is 24.5 Å². The van der Waals surface area contributed by atoms with Crippen molar-refractivity contribution < 1.29 is 0 Å². The molecule has 0 saturated heterocycles. The first-order valence-corrected chi connectivity index (χ1v) is 5.21. The molecule has 2 heterocycles. The minimum atomic E-state index is 0.110. The Morgan fingerprint density at radius 2 is 2.12 bits per heavy atom. The van der Waals surface area contributed by atoms with Gasteiger partial charge >= 0.3 is 0 Å². The summed E-state index contributed by atoms with van der Waals surface area (Å²) in [5.41, 5.74) is 7.26. The van der Waals surface area contributed by atoms with Crippen LogP contribution < -0.4 is 5.73 Å². The van der Waals surface area contributed by atoms with Crippen molar-refractivity contribution in [3.05, 3.63) is 17.8 Å². The average Bonchev–Trinajstić information content (AvgIpc) is 2.85. The van der Waals surface area contributed by atoms with Gasteiger partial charge < -0.3 is 5.73 Å². The van der Waals surface area contributed by atoms with Crippen LogP contribution in [0.3, 0.4) is 0 Å². The van der Waals surface area contributed by atoms with E-state index in [4.69, 9.17) is 11.0 Å². The van der Waals surface area contributed by atoms with Crippen molar-refractivity contribution in [1.29, 1.82) is 5.26 Å². The largest absolute Gasteiger partial charge is 0.394 e. The summed E-state index contributed by atoms with van der Waals surface area (Å²) >= 11 is 0. The van der Waals surface area contributed by atoms with E-state index >= 15 is 0 Å². The summed E-state index contributed by atoms with van der Waals surface area (Å²) < 4.78 is 3.24. The van der Waals surface area contributed by atoms with Crippen molar-refractivity contribution in [2.45, 2.75) is 26.8 Å². The quantitative estimate of drug-likeness (QED) is 0.824. The monoisotopic (exact) mass is 231 g/mol. The summed E-state index contributed by atoms with van der Waals surface area (Å²) in [7, 11) is 0. The number of aryl methyl sites for hydroxylation is 1. The molecule has 2 N–H and O–H groups in total. The highest BCUT2D eigenvalue weighted by molar-refractivity contribution is 5.57. The second kappa shape index (κ2) is 3.90. The van der Waals surface area contributed by atoms with Crippen molar-refractivity contribution in [3.63, 3.8) is 0 Å². The normalized spacial score (nSPS) is 10.8. The molecular weight excluding hydrogens is 218 g/mol. The number of anilines is 1. The molecule has 0 aliphatic heterocycles. The van der Waals surface area contributed by atoms with Crippen molar-refractivity contribution >= 4 is 5.69 Å². The molecule has 17 heavy (non-hydrogen) atoms. The number of nitriles is 1. The molecule has 0 aliphatic carbocycles. The van der Waals surface area contributed by atoms with Gasteiger partial charge in [-0.15, -0.1) is 5.10 Å². The van der Waals surface area contributed by atoms with Crippen molar-refractivity contribution in [1.82, 2.24) is 24.5 Å². The summed E-state index contributed by atoms with van der Waals surface area (Å²) in [6.45, 7) is 5.83. The van der Waals surface area contributed by atoms with Gasteiger partial charge in [0.15, 0.2) is 5.82 Å². The Labute approximate surface area is 98.5 Å². The molecule has 0 unspecified atom stereocenters. The van der Waals surface area contributed by atoms with E-state index in [1.54, 1.807) is 4.68 Å². The first kappa shape index (κ1) is 11.1. The molecular formula is C10H13N7. The number of hydrogen-bond acceptors (Lipinski definition) is 5. The van der Waals surface area contributed by atoms with Gasteiger partial charge in [-0.3, -0.25) is 0 Å². The van der Waals surface area contributed by atoms with E-state index in [9.17, 15) is 0 Å². The third-order valence-corrected chi connectivity index (χ3v) is 2.40. The molecule has 88 valence electrons. The van der Waals surface area contributed by atoms with Gasteiger partial charge in [0, 0.05) is 6.04 Å². The van der Waals surface area contributed by atoms with Gasteiger partial charge in [0.05, 0.1) is 11.4 Å². The Kier molecular flexibility index (Phi) is 2.55. The SMILES string of the molecule is Cc1nn(C(C)C)c(-n2cnc(C#N)n2)c1N. The maximum atomic E-state index is 8.71. The number of nitrogens with two attached hydrogens (primary N) is 1. The maximum absolute atomic E-state index is 8.71. The molecule has 0 aliphatic rings. The molecule has 0 radical (unpaired) electrons. The zero-order chi connectivity index (χ0) is 12.6. The van der Waals surface area contributed by atoms with Gasteiger partial charge in [-0.2, -0.15) is 15.0 Å². The summed E-state index contributed by atoms with van der Waals surface area (Å²) in [4.78, 5) is 3.86. The lowest BCUT2D eigenvalue weighted by Gasteiger charge is -2.10. The smallest absolute Gasteiger partial charge is 0.252 e. The van der Waals surface area contributed by atoms with E-state index in [0.29, 0.717) is 11.5 Å². The van der Waals surface area contributed by atoms with Crippen LogP contribution in [0, 0.1) is 18.3 Å². The molecule has 0 bridgehead atoms. The van der Waals surface area contributed by atoms with Gasteiger partial charge in [-0.25, -0.2) is 9.67 Å². The first-order valence-electron chi connectivity index (χ1n) is 5.21. The van der Waals surface area contributed by atoms with E-state index in [1.807, 2.05) is 26.8 Å². The Hall–Kier alpha value is -2.36. The second-order valence-corrected chi connectivity index (χ2v) is 3.99. The van der Waals surface area contributed by atoms with Crippen molar-refractivity contribution in [3.8, 4) is 11.9 Å². The van der Waals surface area contributed by atoms with Gasteiger partial charge in [0.1, 0.15) is 12.4 Å². The maximum Gasteiger partial charge on any atom is 0.252 e. The standard InChI is InChI=1S/C10H13N7/c1-6(2)17-10(9(12)7(3)14-17)16-5-13-8(4-11)15-16/h5-6H,12H2,1-3H3. The van der Waals surface area contributed by atoms with Crippen molar-refractivity contribution in [2.24, 2.45) is 0 Å². The zero-order valence-electron chi connectivity index (χ0n) is 9.92. The number of nitrogens with zero attached hydrogens (tertiary/aromatic N) is 6. The summed E-state index contributed by atoms with van der Waals surface area (Å²) in [5.74, 6) is 0.755. The number of rotatable bonds is 2. The first-order chi connectivity index (χ1) is 8.04. The Balaban J connectivity index is 2.62. The number of aromatic nitrogens is 5. The predicted octanol–water partition coefficient (Wildman–Crippen LogP) is 0.807.